The minimum Gasteiger partial charge on any atom is -0.394 e. The Kier molecular flexibility index (Phi) is 66.8. The van der Waals surface area contributed by atoms with E-state index in [9.17, 15) is 30.3 Å². The van der Waals surface area contributed by atoms with Crippen molar-refractivity contribution in [3.8, 4) is 0 Å². The molecule has 0 spiro atoms. The van der Waals surface area contributed by atoms with E-state index in [1.165, 1.54) is 199 Å². The number of carbonyl (C=O) groups excluding carboxylic acids is 1. The Morgan fingerprint density at radius 3 is 0.989 bits per heavy atom. The summed E-state index contributed by atoms with van der Waals surface area (Å²) in [6.07, 6.45) is 101. The van der Waals surface area contributed by atoms with Crippen LogP contribution in [0.2, 0.25) is 0 Å². The summed E-state index contributed by atoms with van der Waals surface area (Å²) >= 11 is 0. The third-order valence-corrected chi connectivity index (χ3v) is 17.7. The minimum atomic E-state index is -1.58. The van der Waals surface area contributed by atoms with Gasteiger partial charge in [-0.1, -0.05) is 366 Å². The van der Waals surface area contributed by atoms with Crippen molar-refractivity contribution in [2.24, 2.45) is 0 Å². The molecule has 0 aliphatic carbocycles. The smallest absolute Gasteiger partial charge is 0.220 e. The van der Waals surface area contributed by atoms with Crippen LogP contribution in [0.5, 0.6) is 0 Å². The summed E-state index contributed by atoms with van der Waals surface area (Å²) in [5.74, 6) is -0.187. The van der Waals surface area contributed by atoms with Crippen LogP contribution in [0.15, 0.2) is 134 Å². The lowest BCUT2D eigenvalue weighted by molar-refractivity contribution is -0.302. The van der Waals surface area contributed by atoms with Crippen LogP contribution >= 0.6 is 0 Å². The Balaban J connectivity index is 2.14. The summed E-state index contributed by atoms with van der Waals surface area (Å²) in [5, 5.41) is 54.9. The largest absolute Gasteiger partial charge is 0.394 e. The second-order valence-corrected chi connectivity index (χ2v) is 26.4. The van der Waals surface area contributed by atoms with E-state index >= 15 is 0 Å². The van der Waals surface area contributed by atoms with E-state index in [4.69, 9.17) is 9.47 Å². The number of rotatable bonds is 67. The van der Waals surface area contributed by atoms with Gasteiger partial charge in [0.2, 0.25) is 5.91 Å². The van der Waals surface area contributed by atoms with Crippen LogP contribution in [0.25, 0.3) is 0 Å². The van der Waals surface area contributed by atoms with Crippen molar-refractivity contribution in [1.29, 1.82) is 0 Å². The fourth-order valence-electron chi connectivity index (χ4n) is 11.7. The molecule has 1 rings (SSSR count). The molecule has 93 heavy (non-hydrogen) atoms. The molecule has 0 aromatic carbocycles. The van der Waals surface area contributed by atoms with Crippen molar-refractivity contribution in [1.82, 2.24) is 5.32 Å². The van der Waals surface area contributed by atoms with E-state index in [-0.39, 0.29) is 12.5 Å². The molecule has 7 unspecified atom stereocenters. The van der Waals surface area contributed by atoms with Gasteiger partial charge in [-0.05, 0) is 96.3 Å². The summed E-state index contributed by atoms with van der Waals surface area (Å²) in [6.45, 7) is 3.69. The zero-order chi connectivity index (χ0) is 67.1. The number of carbonyl (C=O) groups is 1. The lowest BCUT2D eigenvalue weighted by atomic mass is 9.99. The van der Waals surface area contributed by atoms with Gasteiger partial charge in [0, 0.05) is 6.42 Å². The van der Waals surface area contributed by atoms with E-state index in [1.807, 2.05) is 6.08 Å². The number of hydrogen-bond donors (Lipinski definition) is 6. The van der Waals surface area contributed by atoms with Crippen molar-refractivity contribution in [2.45, 2.75) is 378 Å². The maximum Gasteiger partial charge on any atom is 0.220 e. The SMILES string of the molecule is CC/C=C\C/C=C\C/C=C\C/C=C\C/C=C\C/C=C\C/C=C\C/C=C\C/C=C\C/C=C\CCCCCCCCCCC(=O)NC(COC1OC(CO)C(O)C(O)C1O)C(O)/C=C/CCCCCCCCCCCCCCCCCCCCCCCCCCCCCCC. The molecule has 1 aliphatic heterocycles. The normalized spacial score (nSPS) is 18.4. The van der Waals surface area contributed by atoms with Gasteiger partial charge in [0.1, 0.15) is 24.4 Å². The van der Waals surface area contributed by atoms with Gasteiger partial charge in [-0.25, -0.2) is 0 Å². The Labute approximate surface area is 572 Å². The molecule has 9 nitrogen and oxygen atoms in total. The average Bonchev–Trinajstić information content (AvgIpc) is 1.02. The predicted octanol–water partition coefficient (Wildman–Crippen LogP) is 22.3. The number of nitrogens with one attached hydrogen (secondary N) is 1. The lowest BCUT2D eigenvalue weighted by Gasteiger charge is -2.40. The van der Waals surface area contributed by atoms with Crippen molar-refractivity contribution in [2.75, 3.05) is 13.2 Å². The molecule has 0 radical (unpaired) electrons. The molecule has 9 heteroatoms. The fraction of sp³-hybridized carbons (Fsp3) is 0.726. The molecule has 534 valence electrons. The highest BCUT2D eigenvalue weighted by molar-refractivity contribution is 5.76. The molecule has 6 N–H and O–H groups in total. The van der Waals surface area contributed by atoms with Crippen LogP contribution in [-0.2, 0) is 14.3 Å². The van der Waals surface area contributed by atoms with Gasteiger partial charge < -0.3 is 40.3 Å². The van der Waals surface area contributed by atoms with Gasteiger partial charge >= 0.3 is 0 Å². The Hall–Kier alpha value is -3.67. The molecule has 1 amide bonds. The van der Waals surface area contributed by atoms with Gasteiger partial charge in [-0.3, -0.25) is 4.79 Å². The maximum absolute atomic E-state index is 13.2. The summed E-state index contributed by atoms with van der Waals surface area (Å²) < 4.78 is 11.3. The van der Waals surface area contributed by atoms with Gasteiger partial charge in [0.25, 0.3) is 0 Å². The average molecular weight is 1300 g/mol. The number of amides is 1. The number of aliphatic hydroxyl groups excluding tert-OH is 5. The monoisotopic (exact) mass is 1300 g/mol. The Bertz CT molecular complexity index is 1940. The highest BCUT2D eigenvalue weighted by Gasteiger charge is 2.44. The molecular formula is C84H145NO8. The first-order valence-electron chi connectivity index (χ1n) is 38.9. The highest BCUT2D eigenvalue weighted by Crippen LogP contribution is 2.23. The van der Waals surface area contributed by atoms with Crippen molar-refractivity contribution in [3.63, 3.8) is 0 Å². The Morgan fingerprint density at radius 2 is 0.667 bits per heavy atom. The molecule has 1 fully saturated rings. The number of aliphatic hydroxyl groups is 5. The quantitative estimate of drug-likeness (QED) is 0.0261. The molecular weight excluding hydrogens is 1150 g/mol. The second kappa shape index (κ2) is 71.1. The zero-order valence-corrected chi connectivity index (χ0v) is 60.0. The third-order valence-electron chi connectivity index (χ3n) is 17.7. The topological polar surface area (TPSA) is 149 Å². The van der Waals surface area contributed by atoms with Crippen LogP contribution < -0.4 is 5.32 Å². The molecule has 0 aromatic rings. The predicted molar refractivity (Wildman–Crippen MR) is 400 cm³/mol. The van der Waals surface area contributed by atoms with Crippen LogP contribution in [-0.4, -0.2) is 87.5 Å². The molecule has 7 atom stereocenters. The summed E-state index contributed by atoms with van der Waals surface area (Å²) in [6, 6.07) is -0.821. The number of allylic oxidation sites excluding steroid dienone is 21. The van der Waals surface area contributed by atoms with Crippen molar-refractivity contribution >= 4 is 5.91 Å². The summed E-state index contributed by atoms with van der Waals surface area (Å²) in [5.41, 5.74) is 0. The Morgan fingerprint density at radius 1 is 0.376 bits per heavy atom. The minimum absolute atomic E-state index is 0.187. The van der Waals surface area contributed by atoms with E-state index in [0.717, 1.165) is 116 Å². The lowest BCUT2D eigenvalue weighted by Crippen LogP contribution is -2.60. The number of unbranched alkanes of at least 4 members (excludes halogenated alkanes) is 37. The first-order chi connectivity index (χ1) is 45.8. The molecule has 0 bridgehead atoms. The maximum atomic E-state index is 13.2. The zero-order valence-electron chi connectivity index (χ0n) is 60.0. The van der Waals surface area contributed by atoms with E-state index in [1.54, 1.807) is 6.08 Å². The molecule has 1 heterocycles. The van der Waals surface area contributed by atoms with Crippen LogP contribution in [0.4, 0.5) is 0 Å². The van der Waals surface area contributed by atoms with Crippen molar-refractivity contribution < 1.29 is 39.8 Å². The molecule has 0 saturated carbocycles. The van der Waals surface area contributed by atoms with Gasteiger partial charge in [-0.15, -0.1) is 0 Å². The first kappa shape index (κ1) is 87.3. The molecule has 0 aromatic heterocycles. The summed E-state index contributed by atoms with van der Waals surface area (Å²) in [7, 11) is 0. The highest BCUT2D eigenvalue weighted by atomic mass is 16.7. The van der Waals surface area contributed by atoms with Crippen LogP contribution in [0, 0.1) is 0 Å². The van der Waals surface area contributed by atoms with Gasteiger partial charge in [0.15, 0.2) is 6.29 Å². The van der Waals surface area contributed by atoms with Crippen LogP contribution in [0.1, 0.15) is 335 Å². The summed E-state index contributed by atoms with van der Waals surface area (Å²) in [4.78, 5) is 13.2. The van der Waals surface area contributed by atoms with Gasteiger partial charge in [-0.2, -0.15) is 0 Å². The first-order valence-corrected chi connectivity index (χ1v) is 38.9. The van der Waals surface area contributed by atoms with Crippen molar-refractivity contribution in [3.05, 3.63) is 134 Å². The standard InChI is InChI=1S/C84H145NO8/c1-3-5-7-9-11-13-15-17-19-21-23-25-27-29-31-33-35-36-37-38-39-40-41-42-44-46-48-50-52-54-56-58-60-62-64-66-68-70-72-74-80(88)85-77(76-92-84-83(91)82(90)81(89)79(75-86)93-84)78(87)73-71-69-67-65-63-61-59-57-55-53-51-49-47-45-43-34-32-30-28-26-24-22-20-18-16-14-12-10-8-6-4-2/h5,7,11,13,17,19,23,25,29,31,35-36,38-39,41-42,46,48,52,54,71,73,77-79,81-84,86-87,89-91H,3-4,6,8-10,12,14-16,18,20-22,24,26-28,30,32-34,37,40,43-45,47,49-51,53,55-70,72,74-76H2,1-2H3,(H,85,88)/b7-5-,13-11-,19-17-,25-23-,31-29-,36-35-,39-38-,42-41-,48-46-,54-52-,73-71+. The van der Waals surface area contributed by atoms with E-state index in [2.05, 4.69) is 141 Å². The second-order valence-electron chi connectivity index (χ2n) is 26.4. The third kappa shape index (κ3) is 59.3. The van der Waals surface area contributed by atoms with Gasteiger partial charge in [0.05, 0.1) is 25.4 Å². The number of hydrogen-bond acceptors (Lipinski definition) is 8. The number of ether oxygens (including phenoxy) is 2. The molecule has 1 saturated heterocycles. The van der Waals surface area contributed by atoms with E-state index < -0.39 is 49.5 Å². The van der Waals surface area contributed by atoms with E-state index in [0.29, 0.717) is 6.42 Å². The fourth-order valence-corrected chi connectivity index (χ4v) is 11.7. The van der Waals surface area contributed by atoms with Crippen LogP contribution in [0.3, 0.4) is 0 Å². The molecule has 1 aliphatic rings.